The van der Waals surface area contributed by atoms with Gasteiger partial charge >= 0.3 is 0 Å². The lowest BCUT2D eigenvalue weighted by Crippen LogP contribution is -2.02. The third-order valence-electron chi connectivity index (χ3n) is 12.3. The van der Waals surface area contributed by atoms with Gasteiger partial charge in [0.25, 0.3) is 0 Å². The van der Waals surface area contributed by atoms with E-state index in [4.69, 9.17) is 19.4 Å². The molecule has 0 spiro atoms. The second-order valence-corrected chi connectivity index (χ2v) is 16.0. The molecule has 0 saturated carbocycles. The second-order valence-electron chi connectivity index (χ2n) is 16.0. The lowest BCUT2D eigenvalue weighted by molar-refractivity contribution is 0.671. The molecule has 0 unspecified atom stereocenters. The molecule has 0 saturated heterocycles. The van der Waals surface area contributed by atoms with Crippen molar-refractivity contribution in [1.82, 2.24) is 24.1 Å². The van der Waals surface area contributed by atoms with Crippen LogP contribution in [0.2, 0.25) is 0 Å². The molecule has 0 radical (unpaired) electrons. The van der Waals surface area contributed by atoms with Crippen molar-refractivity contribution >= 4 is 65.6 Å². The van der Waals surface area contributed by atoms with Crippen LogP contribution in [0.25, 0.3) is 122 Å². The SMILES string of the molecule is c1ccc(-c2nc(-c3ccccc3)nc(-c3cc(-c4ccc5c(c4)c4ccccc4n5-c4ccccc4)cc(-n4c5ccccc5c5ccc6c7ccccc7oc6c54)c3)n2)cc1. The summed E-state index contributed by atoms with van der Waals surface area (Å²) >= 11 is 0. The molecule has 13 aromatic rings. The van der Waals surface area contributed by atoms with E-state index in [-0.39, 0.29) is 0 Å². The summed E-state index contributed by atoms with van der Waals surface area (Å²) in [5.74, 6) is 1.81. The van der Waals surface area contributed by atoms with Gasteiger partial charge in [-0.25, -0.2) is 15.0 Å². The van der Waals surface area contributed by atoms with E-state index < -0.39 is 0 Å². The summed E-state index contributed by atoms with van der Waals surface area (Å²) in [5.41, 5.74) is 13.0. The van der Waals surface area contributed by atoms with E-state index in [1.54, 1.807) is 0 Å². The van der Waals surface area contributed by atoms with Crippen LogP contribution >= 0.6 is 0 Å². The van der Waals surface area contributed by atoms with Gasteiger partial charge in [-0.05, 0) is 77.9 Å². The molecule has 0 aliphatic carbocycles. The van der Waals surface area contributed by atoms with Crippen LogP contribution in [0.4, 0.5) is 0 Å². The molecular formula is C57H35N5O. The van der Waals surface area contributed by atoms with Gasteiger partial charge in [-0.15, -0.1) is 0 Å². The molecule has 9 aromatic carbocycles. The molecule has 4 aromatic heterocycles. The van der Waals surface area contributed by atoms with E-state index in [2.05, 4.69) is 149 Å². The van der Waals surface area contributed by atoms with Gasteiger partial charge in [0.2, 0.25) is 0 Å². The maximum atomic E-state index is 6.79. The van der Waals surface area contributed by atoms with Crippen molar-refractivity contribution in [1.29, 1.82) is 0 Å². The average Bonchev–Trinajstić information content (AvgIpc) is 4.02. The number of nitrogens with zero attached hydrogens (tertiary/aromatic N) is 5. The van der Waals surface area contributed by atoms with Gasteiger partial charge in [-0.3, -0.25) is 0 Å². The highest BCUT2D eigenvalue weighted by atomic mass is 16.3. The Balaban J connectivity index is 1.12. The Labute approximate surface area is 361 Å². The van der Waals surface area contributed by atoms with Crippen LogP contribution in [0.5, 0.6) is 0 Å². The Morgan fingerprint density at radius 3 is 1.52 bits per heavy atom. The molecule has 294 valence electrons. The molecule has 0 N–H and O–H groups in total. The maximum absolute atomic E-state index is 6.79. The first-order chi connectivity index (χ1) is 31.2. The standard InChI is InChI=1S/C57H35N5O/c1-4-16-36(17-5-1)55-58-56(37-18-6-2-7-19-37)60-57(59-55)40-32-39(38-28-31-51-48(35-38)44-23-11-13-25-49(44)61(51)41-20-8-3-9-21-41)33-42(34-40)62-50-26-14-10-22-43(50)46-29-30-47-45-24-12-15-27-52(45)63-54(47)53(46)62/h1-35H. The lowest BCUT2D eigenvalue weighted by atomic mass is 9.99. The summed E-state index contributed by atoms with van der Waals surface area (Å²) in [7, 11) is 0. The van der Waals surface area contributed by atoms with Crippen LogP contribution in [0, 0.1) is 0 Å². The van der Waals surface area contributed by atoms with E-state index in [9.17, 15) is 0 Å². The molecule has 0 fully saturated rings. The van der Waals surface area contributed by atoms with E-state index in [1.165, 1.54) is 10.8 Å². The van der Waals surface area contributed by atoms with Gasteiger partial charge in [-0.2, -0.15) is 0 Å². The van der Waals surface area contributed by atoms with Crippen molar-refractivity contribution in [3.05, 3.63) is 212 Å². The van der Waals surface area contributed by atoms with Crippen molar-refractivity contribution < 1.29 is 4.42 Å². The number of furan rings is 1. The zero-order valence-corrected chi connectivity index (χ0v) is 33.9. The van der Waals surface area contributed by atoms with Crippen molar-refractivity contribution in [2.24, 2.45) is 0 Å². The number of rotatable bonds is 6. The highest BCUT2D eigenvalue weighted by Gasteiger charge is 2.22. The molecule has 4 heterocycles. The fraction of sp³-hybridized carbons (Fsp3) is 0. The van der Waals surface area contributed by atoms with Crippen LogP contribution in [0.15, 0.2) is 217 Å². The van der Waals surface area contributed by atoms with Crippen LogP contribution in [-0.2, 0) is 0 Å². The number of fused-ring (bicyclic) bond motifs is 10. The first kappa shape index (κ1) is 35.2. The molecule has 13 rings (SSSR count). The lowest BCUT2D eigenvalue weighted by Gasteiger charge is -2.15. The number of para-hydroxylation sites is 4. The summed E-state index contributed by atoms with van der Waals surface area (Å²) in [6, 6.07) is 74.5. The zero-order chi connectivity index (χ0) is 41.4. The summed E-state index contributed by atoms with van der Waals surface area (Å²) in [6.07, 6.45) is 0. The molecule has 0 aliphatic rings. The van der Waals surface area contributed by atoms with Crippen LogP contribution in [0.3, 0.4) is 0 Å². The molecule has 6 nitrogen and oxygen atoms in total. The van der Waals surface area contributed by atoms with Crippen LogP contribution in [-0.4, -0.2) is 24.1 Å². The Morgan fingerprint density at radius 2 is 0.825 bits per heavy atom. The minimum atomic E-state index is 0.585. The summed E-state index contributed by atoms with van der Waals surface area (Å²) in [4.78, 5) is 15.5. The molecule has 63 heavy (non-hydrogen) atoms. The van der Waals surface area contributed by atoms with Gasteiger partial charge in [0.1, 0.15) is 5.58 Å². The number of hydrogen-bond acceptors (Lipinski definition) is 4. The molecule has 0 aliphatic heterocycles. The molecule has 0 bridgehead atoms. The average molecular weight is 806 g/mol. The van der Waals surface area contributed by atoms with Gasteiger partial charge < -0.3 is 13.6 Å². The fourth-order valence-corrected chi connectivity index (χ4v) is 9.48. The Kier molecular flexibility index (Phi) is 7.80. The fourth-order valence-electron chi connectivity index (χ4n) is 9.48. The monoisotopic (exact) mass is 805 g/mol. The third-order valence-corrected chi connectivity index (χ3v) is 12.3. The molecule has 0 atom stereocenters. The Bertz CT molecular complexity index is 3850. The number of hydrogen-bond donors (Lipinski definition) is 0. The van der Waals surface area contributed by atoms with Crippen molar-refractivity contribution in [3.8, 4) is 56.7 Å². The number of benzene rings is 9. The molecule has 0 amide bonds. The van der Waals surface area contributed by atoms with Gasteiger partial charge in [0.05, 0.1) is 22.1 Å². The topological polar surface area (TPSA) is 61.7 Å². The summed E-state index contributed by atoms with van der Waals surface area (Å²) in [6.45, 7) is 0. The largest absolute Gasteiger partial charge is 0.454 e. The predicted molar refractivity (Wildman–Crippen MR) is 258 cm³/mol. The normalized spacial score (nSPS) is 11.8. The first-order valence-electron chi connectivity index (χ1n) is 21.2. The van der Waals surface area contributed by atoms with E-state index >= 15 is 0 Å². The third kappa shape index (κ3) is 5.62. The van der Waals surface area contributed by atoms with Gasteiger partial charge in [0, 0.05) is 60.4 Å². The highest BCUT2D eigenvalue weighted by Crippen LogP contribution is 2.42. The molecular weight excluding hydrogens is 771 g/mol. The Hall–Kier alpha value is -8.61. The Morgan fingerprint density at radius 1 is 0.302 bits per heavy atom. The summed E-state index contributed by atoms with van der Waals surface area (Å²) in [5, 5.41) is 6.82. The van der Waals surface area contributed by atoms with Gasteiger partial charge in [-0.1, -0.05) is 146 Å². The van der Waals surface area contributed by atoms with Crippen LogP contribution in [0.1, 0.15) is 0 Å². The van der Waals surface area contributed by atoms with E-state index in [0.717, 1.165) is 94.0 Å². The van der Waals surface area contributed by atoms with E-state index in [0.29, 0.717) is 17.5 Å². The zero-order valence-electron chi connectivity index (χ0n) is 33.9. The molecule has 6 heteroatoms. The maximum Gasteiger partial charge on any atom is 0.164 e. The predicted octanol–water partition coefficient (Wildman–Crippen LogP) is 14.6. The minimum absolute atomic E-state index is 0.585. The highest BCUT2D eigenvalue weighted by molar-refractivity contribution is 6.21. The van der Waals surface area contributed by atoms with Crippen molar-refractivity contribution in [3.63, 3.8) is 0 Å². The van der Waals surface area contributed by atoms with E-state index in [1.807, 2.05) is 72.8 Å². The second kappa shape index (κ2) is 14.0. The van der Waals surface area contributed by atoms with Crippen LogP contribution < -0.4 is 0 Å². The van der Waals surface area contributed by atoms with Crippen molar-refractivity contribution in [2.75, 3.05) is 0 Å². The van der Waals surface area contributed by atoms with Crippen molar-refractivity contribution in [2.45, 2.75) is 0 Å². The summed E-state index contributed by atoms with van der Waals surface area (Å²) < 4.78 is 11.5. The van der Waals surface area contributed by atoms with Gasteiger partial charge in [0.15, 0.2) is 23.1 Å². The number of aromatic nitrogens is 5. The smallest absolute Gasteiger partial charge is 0.164 e. The first-order valence-corrected chi connectivity index (χ1v) is 21.2. The quantitative estimate of drug-likeness (QED) is 0.168. The minimum Gasteiger partial charge on any atom is -0.454 e.